The number of aryl methyl sites for hydroxylation is 1. The average Bonchev–Trinajstić information content (AvgIpc) is 3.32. The molecule has 2 fully saturated rings. The fourth-order valence-corrected chi connectivity index (χ4v) is 3.90. The Morgan fingerprint density at radius 2 is 2.07 bits per heavy atom. The van der Waals surface area contributed by atoms with Crippen molar-refractivity contribution in [3.8, 4) is 0 Å². The van der Waals surface area contributed by atoms with Gasteiger partial charge in [0.2, 0.25) is 5.89 Å². The van der Waals surface area contributed by atoms with E-state index in [1.807, 2.05) is 21.8 Å². The first-order chi connectivity index (χ1) is 13.1. The molecule has 2 aromatic heterocycles. The first-order valence-corrected chi connectivity index (χ1v) is 9.68. The van der Waals surface area contributed by atoms with Crippen LogP contribution in [0, 0.1) is 6.92 Å². The molecule has 146 valence electrons. The third kappa shape index (κ3) is 4.13. The highest BCUT2D eigenvalue weighted by atomic mass is 16.5. The molecule has 0 bridgehead atoms. The van der Waals surface area contributed by atoms with Gasteiger partial charge in [0.15, 0.2) is 11.6 Å². The van der Waals surface area contributed by atoms with E-state index in [1.54, 1.807) is 6.92 Å². The number of likely N-dealkylation sites (tertiary alicyclic amines) is 2. The molecule has 27 heavy (non-hydrogen) atoms. The third-order valence-corrected chi connectivity index (χ3v) is 5.51. The quantitative estimate of drug-likeness (QED) is 0.887. The Morgan fingerprint density at radius 3 is 2.81 bits per heavy atom. The van der Waals surface area contributed by atoms with Gasteiger partial charge in [0, 0.05) is 25.4 Å². The number of hydrogen-bond donors (Lipinski definition) is 1. The van der Waals surface area contributed by atoms with Gasteiger partial charge in [-0.15, -0.1) is 0 Å². The summed E-state index contributed by atoms with van der Waals surface area (Å²) < 4.78 is 7.28. The molecule has 4 rings (SSSR count). The van der Waals surface area contributed by atoms with Gasteiger partial charge < -0.3 is 14.3 Å². The molecular formula is C18H27N7O2. The maximum Gasteiger partial charge on any atom is 0.323 e. The second-order valence-corrected chi connectivity index (χ2v) is 7.61. The molecule has 2 aromatic rings. The van der Waals surface area contributed by atoms with Crippen LogP contribution in [0.5, 0.6) is 0 Å². The predicted octanol–water partition coefficient (Wildman–Crippen LogP) is 2.25. The SMILES string of the molecule is Cc1noc(C2CCCN(C(=O)Nc3ccn(C4CCN(C)CC4)n3)C2)n1. The molecule has 2 aliphatic rings. The van der Waals surface area contributed by atoms with Crippen LogP contribution in [0.25, 0.3) is 0 Å². The summed E-state index contributed by atoms with van der Waals surface area (Å²) >= 11 is 0. The summed E-state index contributed by atoms with van der Waals surface area (Å²) in [6.45, 7) is 5.28. The number of nitrogens with one attached hydrogen (secondary N) is 1. The van der Waals surface area contributed by atoms with E-state index in [2.05, 4.69) is 32.5 Å². The fourth-order valence-electron chi connectivity index (χ4n) is 3.90. The van der Waals surface area contributed by atoms with E-state index >= 15 is 0 Å². The van der Waals surface area contributed by atoms with E-state index in [0.29, 0.717) is 30.1 Å². The molecule has 0 aliphatic carbocycles. The Kier molecular flexibility index (Phi) is 5.11. The van der Waals surface area contributed by atoms with Crippen molar-refractivity contribution in [3.05, 3.63) is 24.0 Å². The van der Waals surface area contributed by atoms with Crippen LogP contribution in [0.2, 0.25) is 0 Å². The van der Waals surface area contributed by atoms with Crippen molar-refractivity contribution in [3.63, 3.8) is 0 Å². The van der Waals surface area contributed by atoms with Gasteiger partial charge in [-0.25, -0.2) is 4.79 Å². The average molecular weight is 373 g/mol. The Labute approximate surface area is 158 Å². The number of piperidine rings is 2. The molecule has 2 aliphatic heterocycles. The van der Waals surface area contributed by atoms with Crippen LogP contribution in [0.3, 0.4) is 0 Å². The highest BCUT2D eigenvalue weighted by Gasteiger charge is 2.28. The molecular weight excluding hydrogens is 346 g/mol. The molecule has 2 saturated heterocycles. The summed E-state index contributed by atoms with van der Waals surface area (Å²) in [5, 5.41) is 11.4. The van der Waals surface area contributed by atoms with Gasteiger partial charge in [0.1, 0.15) is 0 Å². The van der Waals surface area contributed by atoms with Crippen LogP contribution < -0.4 is 5.32 Å². The van der Waals surface area contributed by atoms with Crippen LogP contribution in [-0.2, 0) is 0 Å². The molecule has 0 saturated carbocycles. The number of amides is 2. The fraction of sp³-hybridized carbons (Fsp3) is 0.667. The van der Waals surface area contributed by atoms with Gasteiger partial charge in [-0.3, -0.25) is 10.00 Å². The zero-order valence-electron chi connectivity index (χ0n) is 16.0. The van der Waals surface area contributed by atoms with Crippen LogP contribution >= 0.6 is 0 Å². The van der Waals surface area contributed by atoms with Gasteiger partial charge in [0.05, 0.1) is 12.0 Å². The van der Waals surface area contributed by atoms with Gasteiger partial charge in [-0.2, -0.15) is 10.1 Å². The lowest BCUT2D eigenvalue weighted by atomic mass is 9.98. The minimum Gasteiger partial charge on any atom is -0.339 e. The number of nitrogens with zero attached hydrogens (tertiary/aromatic N) is 6. The number of rotatable bonds is 3. The van der Waals surface area contributed by atoms with E-state index in [-0.39, 0.29) is 11.9 Å². The van der Waals surface area contributed by atoms with Crippen molar-refractivity contribution in [1.82, 2.24) is 29.7 Å². The number of aromatic nitrogens is 4. The molecule has 2 amide bonds. The van der Waals surface area contributed by atoms with Gasteiger partial charge in [-0.05, 0) is 52.7 Å². The molecule has 0 aromatic carbocycles. The molecule has 0 radical (unpaired) electrons. The Hall–Kier alpha value is -2.42. The summed E-state index contributed by atoms with van der Waals surface area (Å²) in [6, 6.07) is 2.16. The molecule has 1 N–H and O–H groups in total. The lowest BCUT2D eigenvalue weighted by Crippen LogP contribution is -2.41. The number of carbonyl (C=O) groups excluding carboxylic acids is 1. The van der Waals surface area contributed by atoms with Crippen LogP contribution in [0.4, 0.5) is 10.6 Å². The zero-order valence-corrected chi connectivity index (χ0v) is 16.0. The lowest BCUT2D eigenvalue weighted by Gasteiger charge is -2.30. The van der Waals surface area contributed by atoms with Gasteiger partial charge >= 0.3 is 6.03 Å². The van der Waals surface area contributed by atoms with E-state index in [9.17, 15) is 4.79 Å². The molecule has 4 heterocycles. The van der Waals surface area contributed by atoms with Crippen molar-refractivity contribution in [1.29, 1.82) is 0 Å². The number of urea groups is 1. The van der Waals surface area contributed by atoms with Gasteiger partial charge in [-0.1, -0.05) is 5.16 Å². The Bertz CT molecular complexity index is 778. The minimum absolute atomic E-state index is 0.0995. The van der Waals surface area contributed by atoms with Crippen molar-refractivity contribution >= 4 is 11.8 Å². The largest absolute Gasteiger partial charge is 0.339 e. The van der Waals surface area contributed by atoms with Crippen LogP contribution in [-0.4, -0.2) is 69.0 Å². The second-order valence-electron chi connectivity index (χ2n) is 7.61. The second kappa shape index (κ2) is 7.67. The van der Waals surface area contributed by atoms with E-state index < -0.39 is 0 Å². The third-order valence-electron chi connectivity index (χ3n) is 5.51. The minimum atomic E-state index is -0.121. The number of anilines is 1. The Balaban J connectivity index is 1.35. The first kappa shape index (κ1) is 18.0. The maximum absolute atomic E-state index is 12.7. The monoisotopic (exact) mass is 373 g/mol. The molecule has 1 unspecified atom stereocenters. The zero-order chi connectivity index (χ0) is 18.8. The highest BCUT2D eigenvalue weighted by Crippen LogP contribution is 2.26. The van der Waals surface area contributed by atoms with Crippen molar-refractivity contribution in [2.24, 2.45) is 0 Å². The summed E-state index contributed by atoms with van der Waals surface area (Å²) in [4.78, 5) is 21.1. The molecule has 9 heteroatoms. The predicted molar refractivity (Wildman–Crippen MR) is 99.6 cm³/mol. The normalized spacial score (nSPS) is 22.1. The Morgan fingerprint density at radius 1 is 1.26 bits per heavy atom. The topological polar surface area (TPSA) is 92.3 Å². The number of carbonyl (C=O) groups is 1. The lowest BCUT2D eigenvalue weighted by molar-refractivity contribution is 0.184. The van der Waals surface area contributed by atoms with Crippen molar-refractivity contribution < 1.29 is 9.32 Å². The van der Waals surface area contributed by atoms with Crippen LogP contribution in [0.15, 0.2) is 16.8 Å². The van der Waals surface area contributed by atoms with E-state index in [0.717, 1.165) is 45.3 Å². The first-order valence-electron chi connectivity index (χ1n) is 9.68. The molecule has 9 nitrogen and oxygen atoms in total. The molecule has 1 atom stereocenters. The van der Waals surface area contributed by atoms with E-state index in [4.69, 9.17) is 4.52 Å². The van der Waals surface area contributed by atoms with E-state index in [1.165, 1.54) is 0 Å². The number of hydrogen-bond acceptors (Lipinski definition) is 6. The summed E-state index contributed by atoms with van der Waals surface area (Å²) in [6.07, 6.45) is 6.01. The summed E-state index contributed by atoms with van der Waals surface area (Å²) in [5.74, 6) is 1.96. The summed E-state index contributed by atoms with van der Waals surface area (Å²) in [5.41, 5.74) is 0. The smallest absolute Gasteiger partial charge is 0.323 e. The highest BCUT2D eigenvalue weighted by molar-refractivity contribution is 5.88. The van der Waals surface area contributed by atoms with Crippen molar-refractivity contribution in [2.45, 2.75) is 44.6 Å². The summed E-state index contributed by atoms with van der Waals surface area (Å²) in [7, 11) is 2.15. The van der Waals surface area contributed by atoms with Crippen molar-refractivity contribution in [2.75, 3.05) is 38.5 Å². The van der Waals surface area contributed by atoms with Crippen LogP contribution in [0.1, 0.15) is 49.4 Å². The standard InChI is InChI=1S/C18H27N7O2/c1-13-19-17(27-22-13)14-4-3-8-24(12-14)18(26)20-16-7-11-25(21-16)15-5-9-23(2)10-6-15/h7,11,14-15H,3-6,8-10,12H2,1-2H3,(H,20,21,26). The molecule has 0 spiro atoms. The maximum atomic E-state index is 12.7. The van der Waals surface area contributed by atoms with Gasteiger partial charge in [0.25, 0.3) is 0 Å².